The Morgan fingerprint density at radius 3 is 2.53 bits per heavy atom. The van der Waals surface area contributed by atoms with Crippen LogP contribution in [0.1, 0.15) is 31.2 Å². The Kier molecular flexibility index (Phi) is 2.15. The molecule has 2 nitrogen and oxygen atoms in total. The van der Waals surface area contributed by atoms with Crippen LogP contribution in [0.25, 0.3) is 0 Å². The monoisotopic (exact) mass is 267 g/mol. The maximum absolute atomic E-state index is 10.6. The first-order chi connectivity index (χ1) is 7.23. The predicted molar refractivity (Wildman–Crippen MR) is 61.3 cm³/mol. The molecule has 2 aliphatic carbocycles. The van der Waals surface area contributed by atoms with Crippen LogP contribution in [-0.2, 0) is 5.60 Å². The summed E-state index contributed by atoms with van der Waals surface area (Å²) in [6.45, 7) is 0. The number of aliphatic hydroxyl groups is 1. The zero-order chi connectivity index (χ0) is 10.5. The molecule has 0 saturated heterocycles. The number of nitrogens with zero attached hydrogens (tertiary/aromatic N) is 1. The van der Waals surface area contributed by atoms with Gasteiger partial charge in [-0.3, -0.25) is 4.98 Å². The molecule has 2 fully saturated rings. The molecule has 2 atom stereocenters. The summed E-state index contributed by atoms with van der Waals surface area (Å²) in [6, 6.07) is 2.01. The minimum absolute atomic E-state index is 0.488. The fourth-order valence-electron chi connectivity index (χ4n) is 3.15. The van der Waals surface area contributed by atoms with Gasteiger partial charge < -0.3 is 5.11 Å². The average Bonchev–Trinajstić information content (AvgIpc) is 2.87. The Labute approximate surface area is 97.9 Å². The van der Waals surface area contributed by atoms with Gasteiger partial charge in [0.15, 0.2) is 0 Å². The van der Waals surface area contributed by atoms with Crippen molar-refractivity contribution in [2.24, 2.45) is 11.8 Å². The number of rotatable bonds is 1. The van der Waals surface area contributed by atoms with Crippen LogP contribution < -0.4 is 0 Å². The first kappa shape index (κ1) is 9.79. The van der Waals surface area contributed by atoms with Crippen LogP contribution in [0.2, 0.25) is 0 Å². The van der Waals surface area contributed by atoms with E-state index in [4.69, 9.17) is 0 Å². The zero-order valence-electron chi connectivity index (χ0n) is 8.49. The molecule has 0 amide bonds. The van der Waals surface area contributed by atoms with E-state index in [1.807, 2.05) is 12.3 Å². The topological polar surface area (TPSA) is 33.1 Å². The van der Waals surface area contributed by atoms with Crippen molar-refractivity contribution in [1.29, 1.82) is 0 Å². The first-order valence-electron chi connectivity index (χ1n) is 5.56. The van der Waals surface area contributed by atoms with Gasteiger partial charge in [-0.05, 0) is 46.7 Å². The second-order valence-corrected chi connectivity index (χ2v) is 5.63. The second kappa shape index (κ2) is 3.29. The van der Waals surface area contributed by atoms with Crippen molar-refractivity contribution in [3.8, 4) is 0 Å². The van der Waals surface area contributed by atoms with Crippen molar-refractivity contribution in [1.82, 2.24) is 4.98 Å². The molecule has 15 heavy (non-hydrogen) atoms. The number of aromatic nitrogens is 1. The molecule has 0 aliphatic heterocycles. The van der Waals surface area contributed by atoms with E-state index >= 15 is 0 Å². The Balaban J connectivity index is 1.94. The SMILES string of the molecule is OC1(c2cncc(Br)c2)C2CCCCC21. The lowest BCUT2D eigenvalue weighted by Crippen LogP contribution is -2.10. The molecule has 2 unspecified atom stereocenters. The van der Waals surface area contributed by atoms with Gasteiger partial charge in [0.05, 0.1) is 5.60 Å². The minimum Gasteiger partial charge on any atom is -0.385 e. The summed E-state index contributed by atoms with van der Waals surface area (Å²) in [5.41, 5.74) is 0.432. The van der Waals surface area contributed by atoms with Crippen molar-refractivity contribution in [2.75, 3.05) is 0 Å². The molecular formula is C12H14BrNO. The van der Waals surface area contributed by atoms with Gasteiger partial charge in [-0.1, -0.05) is 12.8 Å². The van der Waals surface area contributed by atoms with Crippen LogP contribution in [0.3, 0.4) is 0 Å². The second-order valence-electron chi connectivity index (χ2n) is 4.71. The van der Waals surface area contributed by atoms with E-state index in [0.717, 1.165) is 10.0 Å². The van der Waals surface area contributed by atoms with Crippen molar-refractivity contribution < 1.29 is 5.11 Å². The van der Waals surface area contributed by atoms with Gasteiger partial charge in [-0.2, -0.15) is 0 Å². The van der Waals surface area contributed by atoms with Crippen molar-refractivity contribution >= 4 is 15.9 Å². The molecule has 1 heterocycles. The van der Waals surface area contributed by atoms with E-state index in [1.165, 1.54) is 25.7 Å². The average molecular weight is 268 g/mol. The van der Waals surface area contributed by atoms with Crippen LogP contribution in [0.5, 0.6) is 0 Å². The molecule has 0 aromatic carbocycles. The lowest BCUT2D eigenvalue weighted by atomic mass is 10.0. The maximum Gasteiger partial charge on any atom is 0.0975 e. The van der Waals surface area contributed by atoms with Crippen LogP contribution in [0.15, 0.2) is 22.9 Å². The smallest absolute Gasteiger partial charge is 0.0975 e. The molecule has 80 valence electrons. The van der Waals surface area contributed by atoms with Gasteiger partial charge in [0, 0.05) is 22.4 Å². The number of hydrogen-bond acceptors (Lipinski definition) is 2. The molecular weight excluding hydrogens is 254 g/mol. The van der Waals surface area contributed by atoms with E-state index < -0.39 is 5.60 Å². The van der Waals surface area contributed by atoms with Crippen LogP contribution >= 0.6 is 15.9 Å². The Morgan fingerprint density at radius 2 is 1.93 bits per heavy atom. The molecule has 1 aromatic rings. The fourth-order valence-corrected chi connectivity index (χ4v) is 3.52. The first-order valence-corrected chi connectivity index (χ1v) is 6.35. The summed E-state index contributed by atoms with van der Waals surface area (Å²) in [7, 11) is 0. The number of halogens is 1. The molecule has 1 aromatic heterocycles. The lowest BCUT2D eigenvalue weighted by molar-refractivity contribution is 0.117. The largest absolute Gasteiger partial charge is 0.385 e. The molecule has 2 aliphatic rings. The van der Waals surface area contributed by atoms with Gasteiger partial charge in [0.1, 0.15) is 0 Å². The maximum atomic E-state index is 10.6. The van der Waals surface area contributed by atoms with Crippen molar-refractivity contribution in [3.63, 3.8) is 0 Å². The van der Waals surface area contributed by atoms with Gasteiger partial charge >= 0.3 is 0 Å². The molecule has 3 heteroatoms. The zero-order valence-corrected chi connectivity index (χ0v) is 10.1. The van der Waals surface area contributed by atoms with E-state index in [9.17, 15) is 5.11 Å². The summed E-state index contributed by atoms with van der Waals surface area (Å²) in [6.07, 6.45) is 8.46. The van der Waals surface area contributed by atoms with Crippen LogP contribution in [0, 0.1) is 11.8 Å². The standard InChI is InChI=1S/C12H14BrNO/c13-9-5-8(6-14-7-9)12(15)10-3-1-2-4-11(10)12/h5-7,10-11,15H,1-4H2. The van der Waals surface area contributed by atoms with E-state index in [2.05, 4.69) is 20.9 Å². The van der Waals surface area contributed by atoms with E-state index in [0.29, 0.717) is 11.8 Å². The minimum atomic E-state index is -0.562. The third-order valence-corrected chi connectivity index (χ3v) is 4.39. The van der Waals surface area contributed by atoms with Gasteiger partial charge in [-0.25, -0.2) is 0 Å². The highest BCUT2D eigenvalue weighted by Crippen LogP contribution is 2.64. The molecule has 3 rings (SSSR count). The highest BCUT2D eigenvalue weighted by atomic mass is 79.9. The third-order valence-electron chi connectivity index (χ3n) is 3.95. The van der Waals surface area contributed by atoms with Gasteiger partial charge in [-0.15, -0.1) is 0 Å². The normalized spacial score (nSPS) is 38.5. The van der Waals surface area contributed by atoms with Gasteiger partial charge in [0.2, 0.25) is 0 Å². The Bertz CT molecular complexity index is 381. The van der Waals surface area contributed by atoms with Crippen LogP contribution in [0.4, 0.5) is 0 Å². The highest BCUT2D eigenvalue weighted by Gasteiger charge is 2.64. The van der Waals surface area contributed by atoms with Crippen molar-refractivity contribution in [2.45, 2.75) is 31.3 Å². The molecule has 2 saturated carbocycles. The summed E-state index contributed by atoms with van der Waals surface area (Å²) < 4.78 is 0.956. The van der Waals surface area contributed by atoms with Gasteiger partial charge in [0.25, 0.3) is 0 Å². The Morgan fingerprint density at radius 1 is 1.27 bits per heavy atom. The number of pyridine rings is 1. The Hall–Kier alpha value is -0.410. The van der Waals surface area contributed by atoms with E-state index in [1.54, 1.807) is 6.20 Å². The summed E-state index contributed by atoms with van der Waals surface area (Å²) in [5, 5.41) is 10.6. The molecule has 0 radical (unpaired) electrons. The predicted octanol–water partition coefficient (Wildman–Crippen LogP) is 2.85. The van der Waals surface area contributed by atoms with Crippen molar-refractivity contribution in [3.05, 3.63) is 28.5 Å². The molecule has 0 spiro atoms. The number of fused-ring (bicyclic) bond motifs is 1. The summed E-state index contributed by atoms with van der Waals surface area (Å²) in [5.74, 6) is 0.977. The summed E-state index contributed by atoms with van der Waals surface area (Å²) >= 11 is 3.41. The lowest BCUT2D eigenvalue weighted by Gasteiger charge is -2.10. The third kappa shape index (κ3) is 1.36. The molecule has 1 N–H and O–H groups in total. The van der Waals surface area contributed by atoms with E-state index in [-0.39, 0.29) is 0 Å². The number of hydrogen-bond donors (Lipinski definition) is 1. The van der Waals surface area contributed by atoms with Crippen LogP contribution in [-0.4, -0.2) is 10.1 Å². The fraction of sp³-hybridized carbons (Fsp3) is 0.583. The highest BCUT2D eigenvalue weighted by molar-refractivity contribution is 9.10. The molecule has 0 bridgehead atoms. The summed E-state index contributed by atoms with van der Waals surface area (Å²) in [4.78, 5) is 4.14. The quantitative estimate of drug-likeness (QED) is 0.849.